The monoisotopic (exact) mass is 529 g/mol. The van der Waals surface area contributed by atoms with E-state index in [1.165, 1.54) is 0 Å². The summed E-state index contributed by atoms with van der Waals surface area (Å²) in [6, 6.07) is 26.2. The van der Waals surface area contributed by atoms with Gasteiger partial charge in [-0.2, -0.15) is 5.10 Å². The number of rotatable bonds is 11. The molecule has 7 nitrogen and oxygen atoms in total. The molecule has 2 N–H and O–H groups in total. The molecule has 0 bridgehead atoms. The first-order chi connectivity index (χ1) is 18.5. The molecule has 4 rings (SSSR count). The quantitative estimate of drug-likeness (QED) is 0.175. The second-order valence-electron chi connectivity index (χ2n) is 8.41. The number of halogens is 1. The summed E-state index contributed by atoms with van der Waals surface area (Å²) in [5.74, 6) is 0.728. The Balaban J connectivity index is 1.35. The predicted molar refractivity (Wildman–Crippen MR) is 151 cm³/mol. The topological polar surface area (TPSA) is 89.0 Å². The molecule has 4 aromatic carbocycles. The normalized spacial score (nSPS) is 10.9. The third-order valence-electron chi connectivity index (χ3n) is 5.65. The highest BCUT2D eigenvalue weighted by Crippen LogP contribution is 2.27. The van der Waals surface area contributed by atoms with Crippen molar-refractivity contribution in [2.24, 2.45) is 5.10 Å². The number of nitrogens with one attached hydrogen (secondary N) is 2. The zero-order valence-electron chi connectivity index (χ0n) is 20.9. The highest BCUT2D eigenvalue weighted by molar-refractivity contribution is 6.30. The van der Waals surface area contributed by atoms with E-state index in [1.54, 1.807) is 30.5 Å². The molecule has 0 aliphatic rings. The maximum absolute atomic E-state index is 12.3. The maximum Gasteiger partial charge on any atom is 0.240 e. The van der Waals surface area contributed by atoms with E-state index in [2.05, 4.69) is 15.8 Å². The van der Waals surface area contributed by atoms with Gasteiger partial charge in [-0.3, -0.25) is 9.59 Å². The van der Waals surface area contributed by atoms with Gasteiger partial charge in [-0.15, -0.1) is 0 Å². The summed E-state index contributed by atoms with van der Waals surface area (Å²) in [6.07, 6.45) is 1.59. The van der Waals surface area contributed by atoms with Gasteiger partial charge in [-0.1, -0.05) is 54.1 Å². The van der Waals surface area contributed by atoms with Gasteiger partial charge in [0.15, 0.2) is 0 Å². The second-order valence-corrected chi connectivity index (χ2v) is 8.85. The van der Waals surface area contributed by atoms with Crippen molar-refractivity contribution in [2.45, 2.75) is 26.4 Å². The molecule has 0 spiro atoms. The molecule has 0 heterocycles. The highest BCUT2D eigenvalue weighted by Gasteiger charge is 2.10. The van der Waals surface area contributed by atoms with Gasteiger partial charge in [0.25, 0.3) is 0 Å². The number of carbonyl (C=O) groups is 2. The van der Waals surface area contributed by atoms with Crippen LogP contribution >= 0.6 is 11.6 Å². The average Bonchev–Trinajstić information content (AvgIpc) is 2.93. The molecule has 194 valence electrons. The number of hydrogen-bond acceptors (Lipinski definition) is 5. The standard InChI is InChI=1S/C30H28ClN3O4/c1-2-37-25-14-12-24(13-15-25)33-29(35)17-18-30(36)34-32-19-27-26-6-4-3-5-22(26)9-16-28(27)38-20-21-7-10-23(31)11-8-21/h3-16,19H,2,17-18,20H2,1H3,(H,33,35)(H,34,36). The lowest BCUT2D eigenvalue weighted by Crippen LogP contribution is -2.20. The molecule has 4 aromatic rings. The molecule has 0 fully saturated rings. The summed E-state index contributed by atoms with van der Waals surface area (Å²) in [6.45, 7) is 2.83. The minimum atomic E-state index is -0.369. The van der Waals surface area contributed by atoms with Crippen LogP contribution in [-0.2, 0) is 16.2 Å². The fourth-order valence-electron chi connectivity index (χ4n) is 3.75. The van der Waals surface area contributed by atoms with Gasteiger partial charge in [0.2, 0.25) is 11.8 Å². The first kappa shape index (κ1) is 26.7. The Morgan fingerprint density at radius 1 is 0.868 bits per heavy atom. The lowest BCUT2D eigenvalue weighted by Gasteiger charge is -2.12. The van der Waals surface area contributed by atoms with Crippen LogP contribution in [-0.4, -0.2) is 24.6 Å². The third-order valence-corrected chi connectivity index (χ3v) is 5.90. The van der Waals surface area contributed by atoms with Crippen LogP contribution in [0.3, 0.4) is 0 Å². The fraction of sp³-hybridized carbons (Fsp3) is 0.167. The Labute approximate surface area is 226 Å². The van der Waals surface area contributed by atoms with Crippen molar-refractivity contribution < 1.29 is 19.1 Å². The van der Waals surface area contributed by atoms with E-state index in [1.807, 2.05) is 67.6 Å². The minimum absolute atomic E-state index is 0.00430. The van der Waals surface area contributed by atoms with Crippen LogP contribution < -0.4 is 20.2 Å². The smallest absolute Gasteiger partial charge is 0.240 e. The molecule has 8 heteroatoms. The van der Waals surface area contributed by atoms with Gasteiger partial charge in [-0.25, -0.2) is 5.43 Å². The molecule has 0 aliphatic heterocycles. The molecule has 0 unspecified atom stereocenters. The van der Waals surface area contributed by atoms with E-state index in [0.29, 0.717) is 29.7 Å². The van der Waals surface area contributed by atoms with Crippen molar-refractivity contribution in [1.82, 2.24) is 5.43 Å². The summed E-state index contributed by atoms with van der Waals surface area (Å²) in [4.78, 5) is 24.6. The van der Waals surface area contributed by atoms with Crippen LogP contribution in [0.25, 0.3) is 10.8 Å². The van der Waals surface area contributed by atoms with Crippen LogP contribution in [0.4, 0.5) is 5.69 Å². The van der Waals surface area contributed by atoms with Crippen molar-refractivity contribution in [3.05, 3.63) is 101 Å². The van der Waals surface area contributed by atoms with E-state index in [9.17, 15) is 9.59 Å². The summed E-state index contributed by atoms with van der Waals surface area (Å²) in [5.41, 5.74) is 4.86. The third kappa shape index (κ3) is 7.57. The van der Waals surface area contributed by atoms with Crippen molar-refractivity contribution in [3.8, 4) is 11.5 Å². The molecule has 0 saturated carbocycles. The van der Waals surface area contributed by atoms with E-state index < -0.39 is 0 Å². The molecule has 2 amide bonds. The van der Waals surface area contributed by atoms with Gasteiger partial charge in [0, 0.05) is 29.1 Å². The first-order valence-electron chi connectivity index (χ1n) is 12.3. The van der Waals surface area contributed by atoms with Gasteiger partial charge in [0.05, 0.1) is 12.8 Å². The van der Waals surface area contributed by atoms with Gasteiger partial charge >= 0.3 is 0 Å². The van der Waals surface area contributed by atoms with Crippen LogP contribution in [0.15, 0.2) is 90.0 Å². The molecule has 0 saturated heterocycles. The number of anilines is 1. The zero-order chi connectivity index (χ0) is 26.7. The zero-order valence-corrected chi connectivity index (χ0v) is 21.7. The Morgan fingerprint density at radius 2 is 1.61 bits per heavy atom. The Kier molecular flexibility index (Phi) is 9.32. The fourth-order valence-corrected chi connectivity index (χ4v) is 3.88. The molecule has 0 aromatic heterocycles. The number of hydrazone groups is 1. The highest BCUT2D eigenvalue weighted by atomic mass is 35.5. The molecule has 0 radical (unpaired) electrons. The lowest BCUT2D eigenvalue weighted by atomic mass is 10.0. The maximum atomic E-state index is 12.3. The lowest BCUT2D eigenvalue weighted by molar-refractivity contribution is -0.124. The summed E-state index contributed by atoms with van der Waals surface area (Å²) in [7, 11) is 0. The number of benzene rings is 4. The molecule has 38 heavy (non-hydrogen) atoms. The number of fused-ring (bicyclic) bond motifs is 1. The number of hydrogen-bond donors (Lipinski definition) is 2. The van der Waals surface area contributed by atoms with Crippen molar-refractivity contribution >= 4 is 46.1 Å². The van der Waals surface area contributed by atoms with Gasteiger partial charge in [0.1, 0.15) is 18.1 Å². The number of amides is 2. The average molecular weight is 530 g/mol. The summed E-state index contributed by atoms with van der Waals surface area (Å²) >= 11 is 5.97. The largest absolute Gasteiger partial charge is 0.494 e. The Hall–Kier alpha value is -4.36. The van der Waals surface area contributed by atoms with Crippen molar-refractivity contribution in [2.75, 3.05) is 11.9 Å². The summed E-state index contributed by atoms with van der Waals surface area (Å²) in [5, 5.41) is 9.53. The van der Waals surface area contributed by atoms with Crippen LogP contribution in [0, 0.1) is 0 Å². The van der Waals surface area contributed by atoms with Crippen molar-refractivity contribution in [3.63, 3.8) is 0 Å². The first-order valence-corrected chi connectivity index (χ1v) is 12.6. The Morgan fingerprint density at radius 3 is 2.37 bits per heavy atom. The molecular formula is C30H28ClN3O4. The SMILES string of the molecule is CCOc1ccc(NC(=O)CCC(=O)NN=Cc2c(OCc3ccc(Cl)cc3)ccc3ccccc23)cc1. The van der Waals surface area contributed by atoms with Gasteiger partial charge < -0.3 is 14.8 Å². The van der Waals surface area contributed by atoms with Crippen LogP contribution in [0.2, 0.25) is 5.02 Å². The Bertz CT molecular complexity index is 1420. The van der Waals surface area contributed by atoms with E-state index >= 15 is 0 Å². The van der Waals surface area contributed by atoms with Crippen LogP contribution in [0.1, 0.15) is 30.9 Å². The second kappa shape index (κ2) is 13.3. The van der Waals surface area contributed by atoms with E-state index in [-0.39, 0.29) is 24.7 Å². The minimum Gasteiger partial charge on any atom is -0.494 e. The number of ether oxygens (including phenoxy) is 2. The molecule has 0 aliphatic carbocycles. The summed E-state index contributed by atoms with van der Waals surface area (Å²) < 4.78 is 11.5. The predicted octanol–water partition coefficient (Wildman–Crippen LogP) is 6.34. The van der Waals surface area contributed by atoms with E-state index in [4.69, 9.17) is 21.1 Å². The molecule has 0 atom stereocenters. The van der Waals surface area contributed by atoms with Gasteiger partial charge in [-0.05, 0) is 65.7 Å². The number of carbonyl (C=O) groups excluding carboxylic acids is 2. The molecular weight excluding hydrogens is 502 g/mol. The van der Waals surface area contributed by atoms with Crippen LogP contribution in [0.5, 0.6) is 11.5 Å². The van der Waals surface area contributed by atoms with Crippen molar-refractivity contribution in [1.29, 1.82) is 0 Å². The van der Waals surface area contributed by atoms with E-state index in [0.717, 1.165) is 27.6 Å². The number of nitrogens with zero attached hydrogens (tertiary/aromatic N) is 1.